The summed E-state index contributed by atoms with van der Waals surface area (Å²) in [6, 6.07) is 10.5. The van der Waals surface area contributed by atoms with E-state index in [1.165, 1.54) is 18.4 Å². The van der Waals surface area contributed by atoms with Crippen molar-refractivity contribution in [1.82, 2.24) is 0 Å². The van der Waals surface area contributed by atoms with Crippen LogP contribution in [-0.2, 0) is 4.74 Å². The normalized spacial score (nSPS) is 16.6. The van der Waals surface area contributed by atoms with E-state index in [0.29, 0.717) is 5.92 Å². The Labute approximate surface area is 113 Å². The maximum absolute atomic E-state index is 5.25. The van der Waals surface area contributed by atoms with E-state index in [0.717, 1.165) is 25.0 Å². The van der Waals surface area contributed by atoms with Crippen LogP contribution >= 0.6 is 0 Å². The summed E-state index contributed by atoms with van der Waals surface area (Å²) < 4.78 is 5.25. The van der Waals surface area contributed by atoms with Crippen LogP contribution in [0.15, 0.2) is 30.3 Å². The average Bonchev–Trinajstić information content (AvgIpc) is 2.41. The van der Waals surface area contributed by atoms with Gasteiger partial charge in [-0.3, -0.25) is 0 Å². The van der Waals surface area contributed by atoms with Crippen molar-refractivity contribution in [2.45, 2.75) is 46.5 Å². The molecule has 1 heterocycles. The molecule has 0 saturated carbocycles. The molecule has 0 unspecified atom stereocenters. The van der Waals surface area contributed by atoms with E-state index in [1.54, 1.807) is 0 Å². The maximum atomic E-state index is 5.25. The molecule has 0 aliphatic carbocycles. The van der Waals surface area contributed by atoms with Gasteiger partial charge in [0.1, 0.15) is 0 Å². The largest absolute Gasteiger partial charge is 0.381 e. The lowest BCUT2D eigenvalue weighted by atomic mass is 9.89. The van der Waals surface area contributed by atoms with Gasteiger partial charge in [0, 0.05) is 13.2 Å². The van der Waals surface area contributed by atoms with Crippen molar-refractivity contribution in [3.05, 3.63) is 35.9 Å². The van der Waals surface area contributed by atoms with Crippen LogP contribution < -0.4 is 0 Å². The van der Waals surface area contributed by atoms with Gasteiger partial charge < -0.3 is 4.74 Å². The molecular formula is C17H28O. The van der Waals surface area contributed by atoms with Crippen LogP contribution in [0.2, 0.25) is 0 Å². The van der Waals surface area contributed by atoms with Gasteiger partial charge in [-0.25, -0.2) is 0 Å². The molecular weight excluding hydrogens is 220 g/mol. The highest BCUT2D eigenvalue weighted by Crippen LogP contribution is 2.22. The topological polar surface area (TPSA) is 9.23 Å². The summed E-state index contributed by atoms with van der Waals surface area (Å²) in [7, 11) is 0. The van der Waals surface area contributed by atoms with Gasteiger partial charge in [-0.15, -0.1) is 0 Å². The number of ether oxygens (including phenoxy) is 1. The standard InChI is InChI=1S/C9H12.C8H16O/c1-8(2)9-6-4-3-5-7-9;1-7(2)8-3-5-9-6-4-8/h3-8H,1-2H3;7-8H,3-6H2,1-2H3. The fourth-order valence-corrected chi connectivity index (χ4v) is 2.22. The number of benzene rings is 1. The third-order valence-electron chi connectivity index (χ3n) is 3.68. The van der Waals surface area contributed by atoms with Crippen LogP contribution in [0.3, 0.4) is 0 Å². The molecule has 0 spiro atoms. The summed E-state index contributed by atoms with van der Waals surface area (Å²) in [5, 5.41) is 0. The first kappa shape index (κ1) is 15.2. The summed E-state index contributed by atoms with van der Waals surface area (Å²) in [4.78, 5) is 0. The highest BCUT2D eigenvalue weighted by atomic mass is 16.5. The van der Waals surface area contributed by atoms with E-state index in [2.05, 4.69) is 52.0 Å². The maximum Gasteiger partial charge on any atom is 0.0468 e. The van der Waals surface area contributed by atoms with E-state index >= 15 is 0 Å². The molecule has 0 N–H and O–H groups in total. The van der Waals surface area contributed by atoms with E-state index in [9.17, 15) is 0 Å². The van der Waals surface area contributed by atoms with E-state index < -0.39 is 0 Å². The molecule has 1 aliphatic heterocycles. The Morgan fingerprint density at radius 1 is 0.944 bits per heavy atom. The molecule has 1 nitrogen and oxygen atoms in total. The first-order chi connectivity index (χ1) is 8.61. The zero-order chi connectivity index (χ0) is 13.4. The van der Waals surface area contributed by atoms with Gasteiger partial charge in [-0.05, 0) is 36.2 Å². The van der Waals surface area contributed by atoms with Crippen molar-refractivity contribution in [1.29, 1.82) is 0 Å². The second kappa shape index (κ2) is 8.31. The Kier molecular flexibility index (Phi) is 7.04. The van der Waals surface area contributed by atoms with Crippen LogP contribution in [0.1, 0.15) is 52.0 Å². The van der Waals surface area contributed by atoms with Crippen molar-refractivity contribution >= 4 is 0 Å². The lowest BCUT2D eigenvalue weighted by molar-refractivity contribution is 0.0523. The van der Waals surface area contributed by atoms with Gasteiger partial charge in [0.25, 0.3) is 0 Å². The van der Waals surface area contributed by atoms with Crippen LogP contribution in [0.4, 0.5) is 0 Å². The minimum absolute atomic E-state index is 0.659. The predicted octanol–water partition coefficient (Wildman–Crippen LogP) is 4.88. The molecule has 1 saturated heterocycles. The minimum Gasteiger partial charge on any atom is -0.381 e. The van der Waals surface area contributed by atoms with Gasteiger partial charge >= 0.3 is 0 Å². The predicted molar refractivity (Wildman–Crippen MR) is 78.9 cm³/mol. The molecule has 18 heavy (non-hydrogen) atoms. The zero-order valence-electron chi connectivity index (χ0n) is 12.4. The molecule has 0 radical (unpaired) electrons. The van der Waals surface area contributed by atoms with Crippen molar-refractivity contribution < 1.29 is 4.74 Å². The lowest BCUT2D eigenvalue weighted by Gasteiger charge is -2.24. The SMILES string of the molecule is CC(C)C1CCOCC1.CC(C)c1ccccc1. The van der Waals surface area contributed by atoms with Gasteiger partial charge in [-0.1, -0.05) is 58.0 Å². The van der Waals surface area contributed by atoms with Crippen molar-refractivity contribution in [3.63, 3.8) is 0 Å². The second-order valence-corrected chi connectivity index (χ2v) is 5.76. The first-order valence-corrected chi connectivity index (χ1v) is 7.24. The Morgan fingerprint density at radius 3 is 1.83 bits per heavy atom. The summed E-state index contributed by atoms with van der Waals surface area (Å²) in [6.07, 6.45) is 2.55. The van der Waals surface area contributed by atoms with Gasteiger partial charge in [-0.2, -0.15) is 0 Å². The molecule has 1 heteroatoms. The summed E-state index contributed by atoms with van der Waals surface area (Å²) in [6.45, 7) is 11.0. The fraction of sp³-hybridized carbons (Fsp3) is 0.647. The molecule has 0 aromatic heterocycles. The van der Waals surface area contributed by atoms with Crippen LogP contribution in [-0.4, -0.2) is 13.2 Å². The van der Waals surface area contributed by atoms with Crippen LogP contribution in [0, 0.1) is 11.8 Å². The summed E-state index contributed by atoms with van der Waals surface area (Å²) in [5.74, 6) is 2.44. The zero-order valence-corrected chi connectivity index (χ0v) is 12.4. The highest BCUT2D eigenvalue weighted by Gasteiger charge is 2.16. The molecule has 1 fully saturated rings. The van der Waals surface area contributed by atoms with Crippen LogP contribution in [0.5, 0.6) is 0 Å². The molecule has 0 atom stereocenters. The lowest BCUT2D eigenvalue weighted by Crippen LogP contribution is -2.19. The second-order valence-electron chi connectivity index (χ2n) is 5.76. The molecule has 1 aromatic carbocycles. The quantitative estimate of drug-likeness (QED) is 0.725. The molecule has 2 rings (SSSR count). The molecule has 0 bridgehead atoms. The molecule has 1 aromatic rings. The summed E-state index contributed by atoms with van der Waals surface area (Å²) in [5.41, 5.74) is 1.41. The average molecular weight is 248 g/mol. The Balaban J connectivity index is 0.000000180. The molecule has 0 amide bonds. The Bertz CT molecular complexity index is 297. The van der Waals surface area contributed by atoms with E-state index in [1.807, 2.05) is 6.07 Å². The van der Waals surface area contributed by atoms with Gasteiger partial charge in [0.2, 0.25) is 0 Å². The van der Waals surface area contributed by atoms with E-state index in [-0.39, 0.29) is 0 Å². The minimum atomic E-state index is 0.659. The number of hydrogen-bond donors (Lipinski definition) is 0. The first-order valence-electron chi connectivity index (χ1n) is 7.24. The van der Waals surface area contributed by atoms with Crippen molar-refractivity contribution in [3.8, 4) is 0 Å². The van der Waals surface area contributed by atoms with Crippen molar-refractivity contribution in [2.75, 3.05) is 13.2 Å². The Hall–Kier alpha value is -0.820. The number of rotatable bonds is 2. The third-order valence-corrected chi connectivity index (χ3v) is 3.68. The highest BCUT2D eigenvalue weighted by molar-refractivity contribution is 5.17. The monoisotopic (exact) mass is 248 g/mol. The molecule has 102 valence electrons. The van der Waals surface area contributed by atoms with E-state index in [4.69, 9.17) is 4.74 Å². The van der Waals surface area contributed by atoms with Gasteiger partial charge in [0.15, 0.2) is 0 Å². The fourth-order valence-electron chi connectivity index (χ4n) is 2.22. The van der Waals surface area contributed by atoms with Crippen molar-refractivity contribution in [2.24, 2.45) is 11.8 Å². The Morgan fingerprint density at radius 2 is 1.50 bits per heavy atom. The summed E-state index contributed by atoms with van der Waals surface area (Å²) >= 11 is 0. The van der Waals surface area contributed by atoms with Crippen LogP contribution in [0.25, 0.3) is 0 Å². The molecule has 1 aliphatic rings. The number of hydrogen-bond acceptors (Lipinski definition) is 1. The smallest absolute Gasteiger partial charge is 0.0468 e. The van der Waals surface area contributed by atoms with Gasteiger partial charge in [0.05, 0.1) is 0 Å². The third kappa shape index (κ3) is 5.68.